The number of hydrogen-bond acceptors (Lipinski definition) is 2. The third kappa shape index (κ3) is 27.5. The smallest absolute Gasteiger partial charge is 0.140 e. The van der Waals surface area contributed by atoms with Gasteiger partial charge in [0.15, 0.2) is 0 Å². The monoisotopic (exact) mass is 464 g/mol. The maximum atomic E-state index is 11.9. The molecule has 0 N–H and O–H groups in total. The third-order valence-electron chi connectivity index (χ3n) is 7.01. The Balaban J connectivity index is 3.17. The molecule has 2 heteroatoms. The molecule has 0 bridgehead atoms. The van der Waals surface area contributed by atoms with Gasteiger partial charge in [0.25, 0.3) is 0 Å². The molecule has 33 heavy (non-hydrogen) atoms. The molecule has 0 saturated carbocycles. The molecule has 0 aliphatic carbocycles. The van der Waals surface area contributed by atoms with E-state index >= 15 is 0 Å². The second-order valence-corrected chi connectivity index (χ2v) is 10.5. The minimum absolute atomic E-state index is 0.150. The van der Waals surface area contributed by atoms with Gasteiger partial charge in [-0.05, 0) is 12.8 Å². The SMILES string of the molecule is CCCCCCCCCCCCCCCCCCCCCCCC(=O)CC(=O)CCCCC. The summed E-state index contributed by atoms with van der Waals surface area (Å²) in [5, 5.41) is 0. The second kappa shape index (κ2) is 27.6. The molecule has 0 amide bonds. The highest BCUT2D eigenvalue weighted by atomic mass is 16.1. The first kappa shape index (κ1) is 32.3. The van der Waals surface area contributed by atoms with Gasteiger partial charge < -0.3 is 0 Å². The zero-order chi connectivity index (χ0) is 24.2. The van der Waals surface area contributed by atoms with Gasteiger partial charge in [0.2, 0.25) is 0 Å². The average Bonchev–Trinajstić information content (AvgIpc) is 2.80. The Bertz CT molecular complexity index is 415. The first-order valence-electron chi connectivity index (χ1n) is 15.2. The number of unbranched alkanes of at least 4 members (excludes halogenated alkanes) is 22. The number of carbonyl (C=O) groups excluding carboxylic acids is 2. The lowest BCUT2D eigenvalue weighted by Crippen LogP contribution is -2.07. The van der Waals surface area contributed by atoms with Crippen LogP contribution in [0.2, 0.25) is 0 Å². The first-order valence-corrected chi connectivity index (χ1v) is 15.2. The lowest BCUT2D eigenvalue weighted by atomic mass is 10.0. The molecule has 0 aliphatic rings. The van der Waals surface area contributed by atoms with E-state index in [4.69, 9.17) is 0 Å². The minimum atomic E-state index is 0.150. The van der Waals surface area contributed by atoms with Crippen molar-refractivity contribution in [2.24, 2.45) is 0 Å². The molecule has 196 valence electrons. The average molecular weight is 465 g/mol. The maximum absolute atomic E-state index is 11.9. The summed E-state index contributed by atoms with van der Waals surface area (Å²) in [5.74, 6) is 0.311. The zero-order valence-corrected chi connectivity index (χ0v) is 22.9. The van der Waals surface area contributed by atoms with Gasteiger partial charge in [0.05, 0.1) is 6.42 Å². The van der Waals surface area contributed by atoms with Crippen molar-refractivity contribution in [3.63, 3.8) is 0 Å². The van der Waals surface area contributed by atoms with Crippen LogP contribution in [0, 0.1) is 0 Å². The summed E-state index contributed by atoms with van der Waals surface area (Å²) in [4.78, 5) is 23.6. The minimum Gasteiger partial charge on any atom is -0.299 e. The van der Waals surface area contributed by atoms with Crippen LogP contribution < -0.4 is 0 Å². The van der Waals surface area contributed by atoms with Crippen molar-refractivity contribution in [2.45, 2.75) is 187 Å². The van der Waals surface area contributed by atoms with Crippen LogP contribution in [0.3, 0.4) is 0 Å². The number of ketones is 2. The van der Waals surface area contributed by atoms with Crippen LogP contribution in [0.5, 0.6) is 0 Å². The van der Waals surface area contributed by atoms with E-state index in [1.54, 1.807) is 0 Å². The Kier molecular flexibility index (Phi) is 27.0. The summed E-state index contributed by atoms with van der Waals surface area (Å²) in [6.45, 7) is 4.43. The van der Waals surface area contributed by atoms with Crippen molar-refractivity contribution in [1.29, 1.82) is 0 Å². The molecular formula is C31H60O2. The van der Waals surface area contributed by atoms with Crippen LogP contribution in [0.1, 0.15) is 187 Å². The van der Waals surface area contributed by atoms with E-state index in [9.17, 15) is 9.59 Å². The lowest BCUT2D eigenvalue weighted by Gasteiger charge is -2.04. The highest BCUT2D eigenvalue weighted by Gasteiger charge is 2.08. The summed E-state index contributed by atoms with van der Waals surface area (Å²) in [5.41, 5.74) is 0. The number of hydrogen-bond donors (Lipinski definition) is 0. The Hall–Kier alpha value is -0.660. The molecule has 0 aromatic carbocycles. The van der Waals surface area contributed by atoms with E-state index < -0.39 is 0 Å². The van der Waals surface area contributed by atoms with E-state index in [1.165, 1.54) is 122 Å². The Morgan fingerprint density at radius 1 is 0.333 bits per heavy atom. The topological polar surface area (TPSA) is 34.1 Å². The van der Waals surface area contributed by atoms with Crippen molar-refractivity contribution in [1.82, 2.24) is 0 Å². The fourth-order valence-corrected chi connectivity index (χ4v) is 4.72. The fraction of sp³-hybridized carbons (Fsp3) is 0.935. The van der Waals surface area contributed by atoms with Gasteiger partial charge >= 0.3 is 0 Å². The summed E-state index contributed by atoms with van der Waals surface area (Å²) in [6, 6.07) is 0. The molecule has 0 aromatic rings. The molecule has 0 spiro atoms. The molecule has 0 radical (unpaired) electrons. The van der Waals surface area contributed by atoms with Gasteiger partial charge in [-0.3, -0.25) is 9.59 Å². The summed E-state index contributed by atoms with van der Waals surface area (Å²) >= 11 is 0. The van der Waals surface area contributed by atoms with Gasteiger partial charge in [-0.2, -0.15) is 0 Å². The Labute approximate surface area is 208 Å². The van der Waals surface area contributed by atoms with E-state index in [-0.39, 0.29) is 18.0 Å². The zero-order valence-electron chi connectivity index (χ0n) is 22.9. The normalized spacial score (nSPS) is 11.2. The largest absolute Gasteiger partial charge is 0.299 e. The van der Waals surface area contributed by atoms with Crippen LogP contribution in [-0.4, -0.2) is 11.6 Å². The van der Waals surface area contributed by atoms with Gasteiger partial charge in [0.1, 0.15) is 11.6 Å². The van der Waals surface area contributed by atoms with E-state index in [0.717, 1.165) is 32.1 Å². The predicted octanol–water partition coefficient (Wildman–Crippen LogP) is 10.7. The van der Waals surface area contributed by atoms with Crippen LogP contribution in [0.25, 0.3) is 0 Å². The van der Waals surface area contributed by atoms with Gasteiger partial charge in [-0.25, -0.2) is 0 Å². The Morgan fingerprint density at radius 2 is 0.545 bits per heavy atom. The summed E-state index contributed by atoms with van der Waals surface area (Å²) in [7, 11) is 0. The molecule has 0 aromatic heterocycles. The molecule has 2 nitrogen and oxygen atoms in total. The van der Waals surface area contributed by atoms with Crippen molar-refractivity contribution < 1.29 is 9.59 Å². The van der Waals surface area contributed by atoms with Crippen molar-refractivity contribution in [3.8, 4) is 0 Å². The summed E-state index contributed by atoms with van der Waals surface area (Å²) in [6.07, 6.45) is 33.5. The molecule has 0 heterocycles. The van der Waals surface area contributed by atoms with E-state index in [1.807, 2.05) is 0 Å². The van der Waals surface area contributed by atoms with Crippen LogP contribution in [0.4, 0.5) is 0 Å². The fourth-order valence-electron chi connectivity index (χ4n) is 4.72. The molecule has 0 aliphatic heterocycles. The quantitative estimate of drug-likeness (QED) is 0.0852. The van der Waals surface area contributed by atoms with Crippen molar-refractivity contribution >= 4 is 11.6 Å². The molecule has 0 rings (SSSR count). The van der Waals surface area contributed by atoms with Gasteiger partial charge in [-0.1, -0.05) is 155 Å². The van der Waals surface area contributed by atoms with Crippen molar-refractivity contribution in [3.05, 3.63) is 0 Å². The number of rotatable bonds is 28. The standard InChI is InChI=1S/C31H60O2/c1-3-5-7-8-9-10-11-12-13-14-15-16-17-18-19-20-21-22-23-24-26-28-31(33)29-30(32)27-25-6-4-2/h3-29H2,1-2H3. The number of Topliss-reactive ketones (excluding diaryl/α,β-unsaturated/α-hetero) is 2. The van der Waals surface area contributed by atoms with Crippen molar-refractivity contribution in [2.75, 3.05) is 0 Å². The lowest BCUT2D eigenvalue weighted by molar-refractivity contribution is -0.127. The second-order valence-electron chi connectivity index (χ2n) is 10.5. The predicted molar refractivity (Wildman–Crippen MR) is 146 cm³/mol. The van der Waals surface area contributed by atoms with E-state index in [0.29, 0.717) is 12.8 Å². The highest BCUT2D eigenvalue weighted by molar-refractivity contribution is 5.98. The third-order valence-corrected chi connectivity index (χ3v) is 7.01. The van der Waals surface area contributed by atoms with Gasteiger partial charge in [0, 0.05) is 12.8 Å². The molecule has 0 fully saturated rings. The maximum Gasteiger partial charge on any atom is 0.140 e. The molecule has 0 atom stereocenters. The summed E-state index contributed by atoms with van der Waals surface area (Å²) < 4.78 is 0. The molecule has 0 unspecified atom stereocenters. The molecular weight excluding hydrogens is 404 g/mol. The first-order chi connectivity index (χ1) is 16.2. The van der Waals surface area contributed by atoms with E-state index in [2.05, 4.69) is 13.8 Å². The molecule has 0 saturated heterocycles. The van der Waals surface area contributed by atoms with Crippen LogP contribution in [0.15, 0.2) is 0 Å². The highest BCUT2D eigenvalue weighted by Crippen LogP contribution is 2.15. The Morgan fingerprint density at radius 3 is 0.848 bits per heavy atom. The van der Waals surface area contributed by atoms with Crippen LogP contribution >= 0.6 is 0 Å². The number of carbonyl (C=O) groups is 2. The van der Waals surface area contributed by atoms with Crippen LogP contribution in [-0.2, 0) is 9.59 Å². The van der Waals surface area contributed by atoms with Gasteiger partial charge in [-0.15, -0.1) is 0 Å².